The number of para-hydroxylation sites is 2. The fraction of sp³-hybridized carbons (Fsp3) is 0. The number of aromatic nitrogens is 1. The van der Waals surface area contributed by atoms with Crippen LogP contribution in [0, 0.1) is 0 Å². The van der Waals surface area contributed by atoms with E-state index in [4.69, 9.17) is 4.42 Å². The van der Waals surface area contributed by atoms with Gasteiger partial charge in [0.1, 0.15) is 11.2 Å². The van der Waals surface area contributed by atoms with E-state index in [1.807, 2.05) is 12.1 Å². The first-order valence-electron chi connectivity index (χ1n) is 12.3. The molecule has 2 heteroatoms. The van der Waals surface area contributed by atoms with Crippen molar-refractivity contribution in [3.8, 4) is 16.8 Å². The van der Waals surface area contributed by atoms with Gasteiger partial charge in [0.05, 0.1) is 16.7 Å². The largest absolute Gasteiger partial charge is 0.456 e. The Labute approximate surface area is 207 Å². The number of furan rings is 1. The fourth-order valence-corrected chi connectivity index (χ4v) is 5.72. The molecule has 0 unspecified atom stereocenters. The normalized spacial score (nSPS) is 11.9. The van der Waals surface area contributed by atoms with Crippen LogP contribution < -0.4 is 0 Å². The molecule has 0 N–H and O–H groups in total. The summed E-state index contributed by atoms with van der Waals surface area (Å²) in [7, 11) is 0. The lowest BCUT2D eigenvalue weighted by Gasteiger charge is -2.12. The molecule has 36 heavy (non-hydrogen) atoms. The lowest BCUT2D eigenvalue weighted by atomic mass is 10.0. The van der Waals surface area contributed by atoms with Gasteiger partial charge in [0.2, 0.25) is 0 Å². The summed E-state index contributed by atoms with van der Waals surface area (Å²) in [5.41, 5.74) is 7.86. The predicted molar refractivity (Wildman–Crippen MR) is 151 cm³/mol. The highest BCUT2D eigenvalue weighted by Gasteiger charge is 2.15. The van der Waals surface area contributed by atoms with Crippen molar-refractivity contribution in [1.82, 2.24) is 4.57 Å². The Kier molecular flexibility index (Phi) is 3.97. The van der Waals surface area contributed by atoms with Crippen molar-refractivity contribution in [2.45, 2.75) is 0 Å². The number of benzene rings is 6. The average molecular weight is 460 g/mol. The van der Waals surface area contributed by atoms with E-state index >= 15 is 0 Å². The maximum atomic E-state index is 6.07. The first kappa shape index (κ1) is 19.5. The van der Waals surface area contributed by atoms with Crippen LogP contribution in [0.3, 0.4) is 0 Å². The van der Waals surface area contributed by atoms with E-state index in [2.05, 4.69) is 120 Å². The zero-order valence-electron chi connectivity index (χ0n) is 19.5. The molecule has 0 radical (unpaired) electrons. The van der Waals surface area contributed by atoms with Gasteiger partial charge in [-0.05, 0) is 52.9 Å². The lowest BCUT2D eigenvalue weighted by molar-refractivity contribution is 0.669. The van der Waals surface area contributed by atoms with Gasteiger partial charge in [0.25, 0.3) is 0 Å². The van der Waals surface area contributed by atoms with Crippen LogP contribution in [0.5, 0.6) is 0 Å². The molecule has 2 heterocycles. The monoisotopic (exact) mass is 459 g/mol. The summed E-state index contributed by atoms with van der Waals surface area (Å²) in [6, 6.07) is 45.5. The zero-order valence-corrected chi connectivity index (χ0v) is 19.5. The number of rotatable bonds is 2. The third-order valence-corrected chi connectivity index (χ3v) is 7.39. The van der Waals surface area contributed by atoms with Crippen molar-refractivity contribution >= 4 is 54.5 Å². The maximum absolute atomic E-state index is 6.07. The van der Waals surface area contributed by atoms with Gasteiger partial charge in [-0.2, -0.15) is 0 Å². The lowest BCUT2D eigenvalue weighted by Crippen LogP contribution is -1.95. The standard InChI is InChI=1S/C34H21NO/c1-2-10-25-22(8-1)9-7-14-30(25)35-31-13-5-3-11-26(31)27-18-16-24(21-32(27)35)23-17-19-34-29(20-23)28-12-4-6-15-33(28)36-34/h1-21H. The van der Waals surface area contributed by atoms with Crippen LogP contribution in [-0.4, -0.2) is 4.57 Å². The van der Waals surface area contributed by atoms with E-state index in [0.717, 1.165) is 21.9 Å². The van der Waals surface area contributed by atoms with Crippen molar-refractivity contribution in [3.05, 3.63) is 127 Å². The third kappa shape index (κ3) is 2.73. The Morgan fingerprint density at radius 3 is 2.03 bits per heavy atom. The number of fused-ring (bicyclic) bond motifs is 7. The molecule has 8 aromatic rings. The topological polar surface area (TPSA) is 18.1 Å². The molecular weight excluding hydrogens is 438 g/mol. The van der Waals surface area contributed by atoms with Crippen LogP contribution in [0.2, 0.25) is 0 Å². The van der Waals surface area contributed by atoms with E-state index in [-0.39, 0.29) is 0 Å². The second kappa shape index (κ2) is 7.34. The summed E-state index contributed by atoms with van der Waals surface area (Å²) in [5.74, 6) is 0. The van der Waals surface area contributed by atoms with Gasteiger partial charge in [-0.3, -0.25) is 0 Å². The van der Waals surface area contributed by atoms with Crippen molar-refractivity contribution < 1.29 is 4.42 Å². The zero-order chi connectivity index (χ0) is 23.6. The number of nitrogens with zero attached hydrogens (tertiary/aromatic N) is 1. The van der Waals surface area contributed by atoms with Gasteiger partial charge < -0.3 is 8.98 Å². The molecule has 8 rings (SSSR count). The van der Waals surface area contributed by atoms with E-state index < -0.39 is 0 Å². The predicted octanol–water partition coefficient (Wildman–Crippen LogP) is 9.50. The minimum atomic E-state index is 0.922. The molecule has 0 aliphatic heterocycles. The molecule has 0 spiro atoms. The second-order valence-corrected chi connectivity index (χ2v) is 9.39. The smallest absolute Gasteiger partial charge is 0.135 e. The Bertz CT molecular complexity index is 2100. The Hall–Kier alpha value is -4.82. The molecule has 0 amide bonds. The van der Waals surface area contributed by atoms with Gasteiger partial charge in [-0.1, -0.05) is 91.0 Å². The molecule has 2 nitrogen and oxygen atoms in total. The van der Waals surface area contributed by atoms with Crippen LogP contribution in [0.15, 0.2) is 132 Å². The summed E-state index contributed by atoms with van der Waals surface area (Å²) < 4.78 is 8.49. The SMILES string of the molecule is c1ccc2c(-n3c4ccccc4c4ccc(-c5ccc6oc7ccccc7c6c5)cc43)cccc2c1. The van der Waals surface area contributed by atoms with Crippen LogP contribution in [0.25, 0.3) is 71.3 Å². The highest BCUT2D eigenvalue weighted by atomic mass is 16.3. The Morgan fingerprint density at radius 2 is 1.08 bits per heavy atom. The Morgan fingerprint density at radius 1 is 0.417 bits per heavy atom. The second-order valence-electron chi connectivity index (χ2n) is 9.39. The summed E-state index contributed by atoms with van der Waals surface area (Å²) in [6.07, 6.45) is 0. The minimum Gasteiger partial charge on any atom is -0.456 e. The maximum Gasteiger partial charge on any atom is 0.135 e. The summed E-state index contributed by atoms with van der Waals surface area (Å²) in [6.45, 7) is 0. The highest BCUT2D eigenvalue weighted by molar-refractivity contribution is 6.12. The summed E-state index contributed by atoms with van der Waals surface area (Å²) in [5, 5.41) is 7.33. The van der Waals surface area contributed by atoms with Crippen LogP contribution in [0.1, 0.15) is 0 Å². The van der Waals surface area contributed by atoms with Gasteiger partial charge >= 0.3 is 0 Å². The minimum absolute atomic E-state index is 0.922. The summed E-state index contributed by atoms with van der Waals surface area (Å²) >= 11 is 0. The fourth-order valence-electron chi connectivity index (χ4n) is 5.72. The van der Waals surface area contributed by atoms with Gasteiger partial charge in [0.15, 0.2) is 0 Å². The molecule has 0 saturated carbocycles. The number of hydrogen-bond donors (Lipinski definition) is 0. The van der Waals surface area contributed by atoms with Crippen molar-refractivity contribution in [2.24, 2.45) is 0 Å². The summed E-state index contributed by atoms with van der Waals surface area (Å²) in [4.78, 5) is 0. The van der Waals surface area contributed by atoms with Crippen molar-refractivity contribution in [2.75, 3.05) is 0 Å². The molecule has 168 valence electrons. The van der Waals surface area contributed by atoms with Gasteiger partial charge in [-0.15, -0.1) is 0 Å². The molecule has 0 aliphatic carbocycles. The first-order valence-corrected chi connectivity index (χ1v) is 12.3. The van der Waals surface area contributed by atoms with E-state index in [9.17, 15) is 0 Å². The highest BCUT2D eigenvalue weighted by Crippen LogP contribution is 2.38. The third-order valence-electron chi connectivity index (χ3n) is 7.39. The van der Waals surface area contributed by atoms with E-state index in [1.54, 1.807) is 0 Å². The van der Waals surface area contributed by atoms with Crippen LogP contribution in [0.4, 0.5) is 0 Å². The first-order chi connectivity index (χ1) is 17.8. The van der Waals surface area contributed by atoms with Gasteiger partial charge in [0, 0.05) is 26.9 Å². The average Bonchev–Trinajstić information content (AvgIpc) is 3.47. The van der Waals surface area contributed by atoms with Crippen molar-refractivity contribution in [1.29, 1.82) is 0 Å². The molecule has 0 atom stereocenters. The van der Waals surface area contributed by atoms with Crippen LogP contribution >= 0.6 is 0 Å². The van der Waals surface area contributed by atoms with Gasteiger partial charge in [-0.25, -0.2) is 0 Å². The molecule has 0 fully saturated rings. The molecule has 6 aromatic carbocycles. The van der Waals surface area contributed by atoms with E-state index in [0.29, 0.717) is 0 Å². The van der Waals surface area contributed by atoms with Crippen molar-refractivity contribution in [3.63, 3.8) is 0 Å². The molecule has 0 saturated heterocycles. The quantitative estimate of drug-likeness (QED) is 0.252. The molecular formula is C34H21NO. The van der Waals surface area contributed by atoms with E-state index in [1.165, 1.54) is 49.4 Å². The molecule has 0 aliphatic rings. The van der Waals surface area contributed by atoms with Crippen LogP contribution in [-0.2, 0) is 0 Å². The molecule has 0 bridgehead atoms. The molecule has 2 aromatic heterocycles. The Balaban J connectivity index is 1.43. The number of hydrogen-bond acceptors (Lipinski definition) is 1.